The van der Waals surface area contributed by atoms with E-state index in [2.05, 4.69) is 17.3 Å². The normalized spacial score (nSPS) is 11.2. The van der Waals surface area contributed by atoms with Crippen molar-refractivity contribution in [1.29, 1.82) is 0 Å². The summed E-state index contributed by atoms with van der Waals surface area (Å²) in [6, 6.07) is 5.26. The highest BCUT2D eigenvalue weighted by atomic mass is 35.5. The van der Waals surface area contributed by atoms with E-state index in [1.54, 1.807) is 42.3 Å². The standard InChI is InChI=1S/C19H24ClN3O3/c1-5-10-23-17(8-9-21-23)22-18(24)7-6-14-11-15(20)19(26-13(2)3)16(12-14)25-4/h6-9,11-13H,5,10H2,1-4H3,(H,22,24)/b7-6+. The van der Waals surface area contributed by atoms with Crippen molar-refractivity contribution in [2.45, 2.75) is 39.8 Å². The van der Waals surface area contributed by atoms with E-state index >= 15 is 0 Å². The van der Waals surface area contributed by atoms with Crippen molar-refractivity contribution < 1.29 is 14.3 Å². The largest absolute Gasteiger partial charge is 0.493 e. The minimum Gasteiger partial charge on any atom is -0.493 e. The molecule has 0 radical (unpaired) electrons. The summed E-state index contributed by atoms with van der Waals surface area (Å²) < 4.78 is 12.8. The molecule has 0 aliphatic carbocycles. The molecule has 0 bridgehead atoms. The third-order valence-corrected chi connectivity index (χ3v) is 3.72. The second-order valence-corrected chi connectivity index (χ2v) is 6.37. The Morgan fingerprint density at radius 2 is 2.19 bits per heavy atom. The Balaban J connectivity index is 2.13. The monoisotopic (exact) mass is 377 g/mol. The average Bonchev–Trinajstić information content (AvgIpc) is 3.02. The fourth-order valence-corrected chi connectivity index (χ4v) is 2.62. The van der Waals surface area contributed by atoms with E-state index in [9.17, 15) is 4.79 Å². The maximum absolute atomic E-state index is 12.2. The third kappa shape index (κ3) is 5.26. The fraction of sp³-hybridized carbons (Fsp3) is 0.368. The summed E-state index contributed by atoms with van der Waals surface area (Å²) in [6.07, 6.45) is 5.68. The zero-order valence-corrected chi connectivity index (χ0v) is 16.2. The van der Waals surface area contributed by atoms with Gasteiger partial charge in [0.1, 0.15) is 5.82 Å². The summed E-state index contributed by atoms with van der Waals surface area (Å²) in [6.45, 7) is 6.63. The fourth-order valence-electron chi connectivity index (χ4n) is 2.35. The molecule has 1 N–H and O–H groups in total. The number of hydrogen-bond donors (Lipinski definition) is 1. The summed E-state index contributed by atoms with van der Waals surface area (Å²) in [5.41, 5.74) is 0.736. The molecular formula is C19H24ClN3O3. The smallest absolute Gasteiger partial charge is 0.249 e. The van der Waals surface area contributed by atoms with Crippen LogP contribution in [-0.4, -0.2) is 28.9 Å². The van der Waals surface area contributed by atoms with Gasteiger partial charge in [-0.2, -0.15) is 5.10 Å². The van der Waals surface area contributed by atoms with Gasteiger partial charge in [-0.1, -0.05) is 18.5 Å². The van der Waals surface area contributed by atoms with Crippen LogP contribution in [0.5, 0.6) is 11.5 Å². The lowest BCUT2D eigenvalue weighted by Crippen LogP contribution is -2.13. The number of ether oxygens (including phenoxy) is 2. The molecule has 0 spiro atoms. The molecule has 0 atom stereocenters. The van der Waals surface area contributed by atoms with Gasteiger partial charge in [-0.15, -0.1) is 0 Å². The maximum Gasteiger partial charge on any atom is 0.249 e. The molecule has 0 aliphatic rings. The molecule has 140 valence electrons. The highest BCUT2D eigenvalue weighted by Gasteiger charge is 2.13. The Morgan fingerprint density at radius 3 is 2.85 bits per heavy atom. The van der Waals surface area contributed by atoms with Crippen molar-refractivity contribution in [1.82, 2.24) is 9.78 Å². The van der Waals surface area contributed by atoms with E-state index in [0.29, 0.717) is 22.3 Å². The molecule has 0 aliphatic heterocycles. The van der Waals surface area contributed by atoms with E-state index < -0.39 is 0 Å². The van der Waals surface area contributed by atoms with Crippen LogP contribution >= 0.6 is 11.6 Å². The molecular weight excluding hydrogens is 354 g/mol. The second-order valence-electron chi connectivity index (χ2n) is 5.96. The zero-order chi connectivity index (χ0) is 19.1. The van der Waals surface area contributed by atoms with Crippen molar-refractivity contribution in [3.63, 3.8) is 0 Å². The number of carbonyl (C=O) groups is 1. The van der Waals surface area contributed by atoms with Crippen molar-refractivity contribution in [2.24, 2.45) is 0 Å². The number of hydrogen-bond acceptors (Lipinski definition) is 4. The summed E-state index contributed by atoms with van der Waals surface area (Å²) in [4.78, 5) is 12.2. The molecule has 2 aromatic rings. The van der Waals surface area contributed by atoms with Gasteiger partial charge in [0.2, 0.25) is 5.91 Å². The Hall–Kier alpha value is -2.47. The number of rotatable bonds is 8. The number of aryl methyl sites for hydroxylation is 1. The molecule has 0 saturated carbocycles. The predicted molar refractivity (Wildman–Crippen MR) is 104 cm³/mol. The molecule has 0 fully saturated rings. The quantitative estimate of drug-likeness (QED) is 0.692. The van der Waals surface area contributed by atoms with Crippen LogP contribution in [0.1, 0.15) is 32.8 Å². The number of nitrogens with zero attached hydrogens (tertiary/aromatic N) is 2. The summed E-state index contributed by atoms with van der Waals surface area (Å²) >= 11 is 6.29. The maximum atomic E-state index is 12.2. The first kappa shape index (κ1) is 19.8. The van der Waals surface area contributed by atoms with Crippen LogP contribution in [0.15, 0.2) is 30.5 Å². The van der Waals surface area contributed by atoms with Gasteiger partial charge >= 0.3 is 0 Å². The summed E-state index contributed by atoms with van der Waals surface area (Å²) in [5, 5.41) is 7.42. The van der Waals surface area contributed by atoms with Crippen molar-refractivity contribution in [3.8, 4) is 11.5 Å². The molecule has 1 aromatic carbocycles. The lowest BCUT2D eigenvalue weighted by molar-refractivity contribution is -0.111. The predicted octanol–water partition coefficient (Wildman–Crippen LogP) is 4.39. The molecule has 6 nitrogen and oxygen atoms in total. The third-order valence-electron chi connectivity index (χ3n) is 3.44. The molecule has 1 amide bonds. The zero-order valence-electron chi connectivity index (χ0n) is 15.5. The number of amides is 1. The molecule has 2 rings (SSSR count). The number of nitrogens with one attached hydrogen (secondary N) is 1. The van der Waals surface area contributed by atoms with Crippen molar-refractivity contribution in [2.75, 3.05) is 12.4 Å². The van der Waals surface area contributed by atoms with Gasteiger partial charge in [-0.25, -0.2) is 4.68 Å². The number of anilines is 1. The number of carbonyl (C=O) groups excluding carboxylic acids is 1. The molecule has 1 heterocycles. The average molecular weight is 378 g/mol. The molecule has 0 unspecified atom stereocenters. The van der Waals surface area contributed by atoms with E-state index in [1.165, 1.54) is 6.08 Å². The topological polar surface area (TPSA) is 65.4 Å². The van der Waals surface area contributed by atoms with Gasteiger partial charge < -0.3 is 14.8 Å². The van der Waals surface area contributed by atoms with Crippen LogP contribution in [0.3, 0.4) is 0 Å². The van der Waals surface area contributed by atoms with Crippen LogP contribution in [0.25, 0.3) is 6.08 Å². The lowest BCUT2D eigenvalue weighted by Gasteiger charge is -2.15. The number of methoxy groups -OCH3 is 1. The number of halogens is 1. The second kappa shape index (κ2) is 9.29. The minimum atomic E-state index is -0.250. The highest BCUT2D eigenvalue weighted by molar-refractivity contribution is 6.32. The summed E-state index contributed by atoms with van der Waals surface area (Å²) in [5.74, 6) is 1.43. The first-order valence-corrected chi connectivity index (χ1v) is 8.87. The SMILES string of the molecule is CCCn1nccc1NC(=O)/C=C/c1cc(Cl)c(OC(C)C)c(OC)c1. The number of aromatic nitrogens is 2. The van der Waals surface area contributed by atoms with E-state index in [-0.39, 0.29) is 12.0 Å². The van der Waals surface area contributed by atoms with Crippen LogP contribution in [0, 0.1) is 0 Å². The van der Waals surface area contributed by atoms with Gasteiger partial charge in [0.15, 0.2) is 11.5 Å². The summed E-state index contributed by atoms with van der Waals surface area (Å²) in [7, 11) is 1.55. The van der Waals surface area contributed by atoms with Gasteiger partial charge in [-0.3, -0.25) is 4.79 Å². The van der Waals surface area contributed by atoms with E-state index in [0.717, 1.165) is 18.5 Å². The lowest BCUT2D eigenvalue weighted by atomic mass is 10.2. The number of benzene rings is 1. The van der Waals surface area contributed by atoms with Gasteiger partial charge in [0.25, 0.3) is 0 Å². The highest BCUT2D eigenvalue weighted by Crippen LogP contribution is 2.37. The van der Waals surface area contributed by atoms with Gasteiger partial charge in [0.05, 0.1) is 24.4 Å². The van der Waals surface area contributed by atoms with Crippen LogP contribution in [0.2, 0.25) is 5.02 Å². The molecule has 0 saturated heterocycles. The Bertz CT molecular complexity index is 784. The van der Waals surface area contributed by atoms with Gasteiger partial charge in [0, 0.05) is 18.7 Å². The van der Waals surface area contributed by atoms with Gasteiger partial charge in [-0.05, 0) is 44.0 Å². The Kier molecular flexibility index (Phi) is 7.09. The minimum absolute atomic E-state index is 0.0264. The van der Waals surface area contributed by atoms with Crippen molar-refractivity contribution in [3.05, 3.63) is 41.1 Å². The van der Waals surface area contributed by atoms with E-state index in [1.807, 2.05) is 13.8 Å². The first-order chi connectivity index (χ1) is 12.4. The van der Waals surface area contributed by atoms with Crippen LogP contribution in [-0.2, 0) is 11.3 Å². The Labute approximate surface area is 158 Å². The molecule has 7 heteroatoms. The van der Waals surface area contributed by atoms with Crippen molar-refractivity contribution >= 4 is 29.4 Å². The van der Waals surface area contributed by atoms with E-state index in [4.69, 9.17) is 21.1 Å². The molecule has 26 heavy (non-hydrogen) atoms. The van der Waals surface area contributed by atoms with Crippen LogP contribution in [0.4, 0.5) is 5.82 Å². The first-order valence-electron chi connectivity index (χ1n) is 8.49. The Morgan fingerprint density at radius 1 is 1.42 bits per heavy atom. The molecule has 1 aromatic heterocycles. The van der Waals surface area contributed by atoms with Crippen LogP contribution < -0.4 is 14.8 Å².